The minimum Gasteiger partial charge on any atom is -0.495 e. The van der Waals surface area contributed by atoms with Gasteiger partial charge in [0, 0.05) is 43.2 Å². The summed E-state index contributed by atoms with van der Waals surface area (Å²) in [5, 5.41) is 1.24. The molecule has 0 spiro atoms. The Labute approximate surface area is 180 Å². The zero-order valence-electron chi connectivity index (χ0n) is 17.2. The minimum absolute atomic E-state index is 0.0143. The molecule has 2 aromatic carbocycles. The number of methoxy groups -OCH3 is 1. The van der Waals surface area contributed by atoms with Gasteiger partial charge in [-0.15, -0.1) is 0 Å². The number of ether oxygens (including phenoxy) is 1. The predicted molar refractivity (Wildman–Crippen MR) is 115 cm³/mol. The van der Waals surface area contributed by atoms with E-state index in [4.69, 9.17) is 20.8 Å². The number of rotatable bonds is 4. The maximum absolute atomic E-state index is 13.2. The molecule has 30 heavy (non-hydrogen) atoms. The van der Waals surface area contributed by atoms with Crippen LogP contribution in [0, 0.1) is 5.82 Å². The van der Waals surface area contributed by atoms with E-state index < -0.39 is 0 Å². The number of benzene rings is 2. The van der Waals surface area contributed by atoms with E-state index in [1.807, 2.05) is 11.8 Å². The van der Waals surface area contributed by atoms with E-state index in [0.717, 1.165) is 24.0 Å². The molecule has 1 fully saturated rings. The van der Waals surface area contributed by atoms with E-state index in [2.05, 4.69) is 11.8 Å². The Morgan fingerprint density at radius 1 is 1.17 bits per heavy atom. The van der Waals surface area contributed by atoms with Gasteiger partial charge in [-0.1, -0.05) is 23.7 Å². The molecule has 1 amide bonds. The Balaban J connectivity index is 1.50. The molecule has 1 saturated heterocycles. The van der Waals surface area contributed by atoms with Gasteiger partial charge in [-0.2, -0.15) is 0 Å². The smallest absolute Gasteiger partial charge is 0.289 e. The lowest BCUT2D eigenvalue weighted by molar-refractivity contribution is 0.0269. The van der Waals surface area contributed by atoms with Crippen LogP contribution in [0.3, 0.4) is 0 Å². The van der Waals surface area contributed by atoms with Gasteiger partial charge in [-0.25, -0.2) is 4.39 Å². The molecule has 1 aliphatic heterocycles. The summed E-state index contributed by atoms with van der Waals surface area (Å²) in [7, 11) is 1.54. The summed E-state index contributed by atoms with van der Waals surface area (Å²) in [5.41, 5.74) is 1.62. The average molecular weight is 431 g/mol. The monoisotopic (exact) mass is 430 g/mol. The largest absolute Gasteiger partial charge is 0.495 e. The normalized spacial score (nSPS) is 20.0. The number of furan rings is 1. The summed E-state index contributed by atoms with van der Waals surface area (Å²) in [5.74, 6) is 0.427. The Hall–Kier alpha value is -2.57. The number of carbonyl (C=O) groups excluding carboxylic acids is 1. The fraction of sp³-hybridized carbons (Fsp3) is 0.348. The molecule has 7 heteroatoms. The predicted octanol–water partition coefficient (Wildman–Crippen LogP) is 4.97. The molecule has 4 rings (SSSR count). The maximum atomic E-state index is 13.2. The van der Waals surface area contributed by atoms with E-state index in [1.54, 1.807) is 30.3 Å². The number of halogens is 2. The standard InChI is InChI=1S/C23H24ClFN2O3/c1-14-12-27(15(2)11-26(14)13-16-4-6-18(25)7-5-16)23(28)22-9-17-8-19(24)21(29-3)10-20(17)30-22/h4-10,14-15H,11-13H2,1-3H3. The number of piperazine rings is 1. The van der Waals surface area contributed by atoms with Crippen LogP contribution >= 0.6 is 11.6 Å². The van der Waals surface area contributed by atoms with Crippen LogP contribution in [0.25, 0.3) is 11.0 Å². The molecule has 5 nitrogen and oxygen atoms in total. The van der Waals surface area contributed by atoms with Gasteiger partial charge in [0.05, 0.1) is 12.1 Å². The van der Waals surface area contributed by atoms with Crippen LogP contribution in [0.5, 0.6) is 5.75 Å². The molecule has 2 atom stereocenters. The van der Waals surface area contributed by atoms with Gasteiger partial charge < -0.3 is 14.1 Å². The number of nitrogens with zero attached hydrogens (tertiary/aromatic N) is 2. The van der Waals surface area contributed by atoms with Crippen molar-refractivity contribution in [2.45, 2.75) is 32.5 Å². The molecule has 0 radical (unpaired) electrons. The third kappa shape index (κ3) is 4.02. The average Bonchev–Trinajstić information content (AvgIpc) is 3.13. The molecule has 0 saturated carbocycles. The summed E-state index contributed by atoms with van der Waals surface area (Å²) < 4.78 is 24.2. The second-order valence-corrected chi connectivity index (χ2v) is 8.25. The molecule has 2 unspecified atom stereocenters. The summed E-state index contributed by atoms with van der Waals surface area (Å²) in [6, 6.07) is 11.9. The van der Waals surface area contributed by atoms with Crippen LogP contribution in [0.2, 0.25) is 5.02 Å². The van der Waals surface area contributed by atoms with Crippen molar-refractivity contribution in [3.63, 3.8) is 0 Å². The van der Waals surface area contributed by atoms with Crippen LogP contribution in [0.1, 0.15) is 30.0 Å². The first-order valence-corrected chi connectivity index (χ1v) is 10.3. The molecule has 2 heterocycles. The Morgan fingerprint density at radius 2 is 1.90 bits per heavy atom. The van der Waals surface area contributed by atoms with Crippen LogP contribution in [-0.4, -0.2) is 48.0 Å². The van der Waals surface area contributed by atoms with Crippen molar-refractivity contribution in [2.75, 3.05) is 20.2 Å². The van der Waals surface area contributed by atoms with E-state index >= 15 is 0 Å². The third-order valence-electron chi connectivity index (χ3n) is 5.68. The number of amides is 1. The van der Waals surface area contributed by atoms with Gasteiger partial charge >= 0.3 is 0 Å². The lowest BCUT2D eigenvalue weighted by atomic mass is 10.1. The first kappa shape index (κ1) is 20.7. The van der Waals surface area contributed by atoms with Gasteiger partial charge in [-0.05, 0) is 43.7 Å². The van der Waals surface area contributed by atoms with Gasteiger partial charge in [0.1, 0.15) is 17.1 Å². The van der Waals surface area contributed by atoms with Crippen molar-refractivity contribution in [3.8, 4) is 5.75 Å². The highest BCUT2D eigenvalue weighted by atomic mass is 35.5. The van der Waals surface area contributed by atoms with Crippen LogP contribution in [-0.2, 0) is 6.54 Å². The molecule has 0 N–H and O–H groups in total. The van der Waals surface area contributed by atoms with E-state index in [9.17, 15) is 9.18 Å². The summed E-state index contributed by atoms with van der Waals surface area (Å²) in [4.78, 5) is 17.3. The first-order chi connectivity index (χ1) is 14.4. The van der Waals surface area contributed by atoms with Crippen molar-refractivity contribution < 1.29 is 18.3 Å². The number of carbonyl (C=O) groups is 1. The SMILES string of the molecule is COc1cc2oc(C(=O)N3CC(C)N(Cc4ccc(F)cc4)CC3C)cc2cc1Cl. The zero-order valence-corrected chi connectivity index (χ0v) is 17.9. The van der Waals surface area contributed by atoms with Crippen LogP contribution in [0.15, 0.2) is 46.9 Å². The lowest BCUT2D eigenvalue weighted by Crippen LogP contribution is -2.57. The summed E-state index contributed by atoms with van der Waals surface area (Å²) >= 11 is 6.19. The molecule has 1 aromatic heterocycles. The summed E-state index contributed by atoms with van der Waals surface area (Å²) in [6.07, 6.45) is 0. The first-order valence-electron chi connectivity index (χ1n) is 9.92. The fourth-order valence-electron chi connectivity index (χ4n) is 3.97. The van der Waals surface area contributed by atoms with Crippen molar-refractivity contribution in [1.29, 1.82) is 0 Å². The molecule has 3 aromatic rings. The minimum atomic E-state index is -0.236. The topological polar surface area (TPSA) is 45.9 Å². The zero-order chi connectivity index (χ0) is 21.4. The molecule has 0 aliphatic carbocycles. The highest BCUT2D eigenvalue weighted by Gasteiger charge is 2.33. The molecule has 158 valence electrons. The van der Waals surface area contributed by atoms with Crippen molar-refractivity contribution in [3.05, 3.63) is 64.6 Å². The molecular weight excluding hydrogens is 407 g/mol. The lowest BCUT2D eigenvalue weighted by Gasteiger charge is -2.43. The van der Waals surface area contributed by atoms with E-state index in [0.29, 0.717) is 28.7 Å². The van der Waals surface area contributed by atoms with E-state index in [1.165, 1.54) is 19.2 Å². The second-order valence-electron chi connectivity index (χ2n) is 7.85. The van der Waals surface area contributed by atoms with Crippen LogP contribution in [0.4, 0.5) is 4.39 Å². The molecule has 0 bridgehead atoms. The van der Waals surface area contributed by atoms with Crippen molar-refractivity contribution in [2.24, 2.45) is 0 Å². The molecular formula is C23H24ClFN2O3. The summed E-state index contributed by atoms with van der Waals surface area (Å²) in [6.45, 7) is 6.16. The van der Waals surface area contributed by atoms with Gasteiger partial charge in [0.2, 0.25) is 0 Å². The fourth-order valence-corrected chi connectivity index (χ4v) is 4.22. The quantitative estimate of drug-likeness (QED) is 0.586. The number of hydrogen-bond acceptors (Lipinski definition) is 4. The molecule has 1 aliphatic rings. The third-order valence-corrected chi connectivity index (χ3v) is 5.97. The number of fused-ring (bicyclic) bond motifs is 1. The Bertz CT molecular complexity index is 1070. The van der Waals surface area contributed by atoms with Crippen molar-refractivity contribution in [1.82, 2.24) is 9.80 Å². The van der Waals surface area contributed by atoms with Gasteiger partial charge in [0.15, 0.2) is 5.76 Å². The van der Waals surface area contributed by atoms with E-state index in [-0.39, 0.29) is 23.8 Å². The Morgan fingerprint density at radius 3 is 2.60 bits per heavy atom. The highest BCUT2D eigenvalue weighted by molar-refractivity contribution is 6.32. The Kier molecular flexibility index (Phi) is 5.71. The highest BCUT2D eigenvalue weighted by Crippen LogP contribution is 2.32. The number of hydrogen-bond donors (Lipinski definition) is 0. The maximum Gasteiger partial charge on any atom is 0.289 e. The second kappa shape index (κ2) is 8.28. The van der Waals surface area contributed by atoms with Gasteiger partial charge in [-0.3, -0.25) is 9.69 Å². The van der Waals surface area contributed by atoms with Crippen LogP contribution < -0.4 is 4.74 Å². The van der Waals surface area contributed by atoms with Crippen molar-refractivity contribution >= 4 is 28.5 Å². The van der Waals surface area contributed by atoms with Gasteiger partial charge in [0.25, 0.3) is 5.91 Å².